The van der Waals surface area contributed by atoms with Crippen LogP contribution in [0.2, 0.25) is 0 Å². The van der Waals surface area contributed by atoms with Crippen LogP contribution in [0.15, 0.2) is 60.7 Å². The zero-order valence-corrected chi connectivity index (χ0v) is 16.5. The van der Waals surface area contributed by atoms with E-state index < -0.39 is 0 Å². The normalized spacial score (nSPS) is 9.86. The first kappa shape index (κ1) is 24.0. The Morgan fingerprint density at radius 2 is 1.03 bits per heavy atom. The second kappa shape index (κ2) is 13.2. The van der Waals surface area contributed by atoms with Crippen molar-refractivity contribution in [1.82, 2.24) is 0 Å². The van der Waals surface area contributed by atoms with Crippen LogP contribution in [0.25, 0.3) is 0 Å². The van der Waals surface area contributed by atoms with E-state index in [-0.39, 0.29) is 45.4 Å². The molecular formula is C23H32N2O4. The maximum atomic E-state index is 11.8. The van der Waals surface area contributed by atoms with Gasteiger partial charge in [-0.25, -0.2) is 0 Å². The Morgan fingerprint density at radius 1 is 0.690 bits per heavy atom. The van der Waals surface area contributed by atoms with Crippen molar-refractivity contribution >= 4 is 23.3 Å². The molecule has 0 saturated carbocycles. The molecule has 0 fully saturated rings. The van der Waals surface area contributed by atoms with E-state index in [1.807, 2.05) is 84.6 Å². The van der Waals surface area contributed by atoms with Crippen LogP contribution in [0, 0.1) is 0 Å². The predicted octanol–water partition coefficient (Wildman–Crippen LogP) is 3.76. The molecule has 6 heteroatoms. The number of ether oxygens (including phenoxy) is 2. The van der Waals surface area contributed by atoms with Crippen molar-refractivity contribution in [3.8, 4) is 0 Å². The van der Waals surface area contributed by atoms with Gasteiger partial charge in [0.1, 0.15) is 13.2 Å². The van der Waals surface area contributed by atoms with Gasteiger partial charge < -0.3 is 19.3 Å². The maximum Gasteiger partial charge on any atom is 0.306 e. The molecule has 0 spiro atoms. The molecule has 2 rings (SSSR count). The fraction of sp³-hybridized carbons (Fsp3) is 0.391. The third-order valence-corrected chi connectivity index (χ3v) is 4.31. The summed E-state index contributed by atoms with van der Waals surface area (Å²) in [7, 11) is 3.87. The fourth-order valence-electron chi connectivity index (χ4n) is 2.56. The van der Waals surface area contributed by atoms with Gasteiger partial charge in [0.25, 0.3) is 0 Å². The molecule has 0 N–H and O–H groups in total. The summed E-state index contributed by atoms with van der Waals surface area (Å²) in [6.07, 6.45) is 0.0603. The van der Waals surface area contributed by atoms with E-state index in [4.69, 9.17) is 9.47 Å². The number of para-hydroxylation sites is 2. The second-order valence-corrected chi connectivity index (χ2v) is 6.46. The summed E-state index contributed by atoms with van der Waals surface area (Å²) in [5.74, 6) is -0.778. The number of carbonyl (C=O) groups is 2. The molecule has 0 aliphatic carbocycles. The van der Waals surface area contributed by atoms with Gasteiger partial charge in [0.15, 0.2) is 0 Å². The molecule has 2 aromatic carbocycles. The Morgan fingerprint density at radius 3 is 1.38 bits per heavy atom. The molecule has 0 atom stereocenters. The smallest absolute Gasteiger partial charge is 0.306 e. The van der Waals surface area contributed by atoms with Gasteiger partial charge >= 0.3 is 11.9 Å². The standard InChI is InChI=1S/C22H28N2O4.CH4/c1-23(19-9-5-3-6-10-19)15-17-27-21(25)13-14-22(26)28-18-16-24(2)20-11-7-4-8-12-20;/h3-12H,13-18H2,1-2H3;1H4. The molecule has 0 saturated heterocycles. The van der Waals surface area contributed by atoms with Crippen LogP contribution in [-0.4, -0.2) is 52.3 Å². The zero-order chi connectivity index (χ0) is 20.2. The van der Waals surface area contributed by atoms with E-state index in [9.17, 15) is 9.59 Å². The summed E-state index contributed by atoms with van der Waals surface area (Å²) in [6, 6.07) is 19.7. The minimum atomic E-state index is -0.389. The van der Waals surface area contributed by atoms with Crippen LogP contribution in [-0.2, 0) is 19.1 Å². The van der Waals surface area contributed by atoms with E-state index in [0.717, 1.165) is 11.4 Å². The molecule has 0 aliphatic rings. The number of carbonyl (C=O) groups excluding carboxylic acids is 2. The molecule has 0 heterocycles. The quantitative estimate of drug-likeness (QED) is 0.535. The van der Waals surface area contributed by atoms with Gasteiger partial charge in [-0.15, -0.1) is 0 Å². The Bertz CT molecular complexity index is 659. The third kappa shape index (κ3) is 9.14. The molecule has 0 amide bonds. The van der Waals surface area contributed by atoms with E-state index >= 15 is 0 Å². The first-order valence-corrected chi connectivity index (χ1v) is 9.40. The number of esters is 2. The van der Waals surface area contributed by atoms with Gasteiger partial charge in [-0.05, 0) is 24.3 Å². The highest BCUT2D eigenvalue weighted by molar-refractivity contribution is 5.77. The average Bonchev–Trinajstić information content (AvgIpc) is 2.73. The van der Waals surface area contributed by atoms with Gasteiger partial charge in [-0.1, -0.05) is 43.8 Å². The number of hydrogen-bond acceptors (Lipinski definition) is 6. The monoisotopic (exact) mass is 400 g/mol. The highest BCUT2D eigenvalue weighted by Gasteiger charge is 2.10. The van der Waals surface area contributed by atoms with Gasteiger partial charge in [0, 0.05) is 25.5 Å². The Hall–Kier alpha value is -3.02. The lowest BCUT2D eigenvalue weighted by atomic mass is 10.3. The van der Waals surface area contributed by atoms with Crippen molar-refractivity contribution in [2.75, 3.05) is 50.2 Å². The highest BCUT2D eigenvalue weighted by atomic mass is 16.5. The SMILES string of the molecule is C.CN(CCOC(=O)CCC(=O)OCCN(C)c1ccccc1)c1ccccc1. The maximum absolute atomic E-state index is 11.8. The zero-order valence-electron chi connectivity index (χ0n) is 16.5. The van der Waals surface area contributed by atoms with Crippen LogP contribution >= 0.6 is 0 Å². The molecular weight excluding hydrogens is 368 g/mol. The predicted molar refractivity (Wildman–Crippen MR) is 117 cm³/mol. The lowest BCUT2D eigenvalue weighted by molar-refractivity contribution is -0.150. The van der Waals surface area contributed by atoms with E-state index in [1.54, 1.807) is 0 Å². The number of likely N-dealkylation sites (N-methyl/N-ethyl adjacent to an activating group) is 2. The van der Waals surface area contributed by atoms with Gasteiger partial charge in [-0.2, -0.15) is 0 Å². The van der Waals surface area contributed by atoms with Crippen LogP contribution in [0.4, 0.5) is 11.4 Å². The first-order valence-electron chi connectivity index (χ1n) is 9.40. The minimum Gasteiger partial charge on any atom is -0.464 e. The molecule has 0 aliphatic heterocycles. The molecule has 0 bridgehead atoms. The first-order chi connectivity index (χ1) is 13.6. The summed E-state index contributed by atoms with van der Waals surface area (Å²) in [6.45, 7) is 1.74. The van der Waals surface area contributed by atoms with Crippen LogP contribution in [0.5, 0.6) is 0 Å². The Balaban J connectivity index is 0.00000420. The molecule has 158 valence electrons. The minimum absolute atomic E-state index is 0. The lowest BCUT2D eigenvalue weighted by Crippen LogP contribution is -2.25. The Labute approximate surface area is 174 Å². The molecule has 0 aromatic heterocycles. The topological polar surface area (TPSA) is 59.1 Å². The van der Waals surface area contributed by atoms with E-state index in [2.05, 4.69) is 0 Å². The average molecular weight is 401 g/mol. The molecule has 0 radical (unpaired) electrons. The number of hydrogen-bond donors (Lipinski definition) is 0. The summed E-state index contributed by atoms with van der Waals surface area (Å²) >= 11 is 0. The van der Waals surface area contributed by atoms with Gasteiger partial charge in [0.2, 0.25) is 0 Å². The molecule has 0 unspecified atom stereocenters. The van der Waals surface area contributed by atoms with Gasteiger partial charge in [-0.3, -0.25) is 9.59 Å². The molecule has 6 nitrogen and oxygen atoms in total. The van der Waals surface area contributed by atoms with Crippen molar-refractivity contribution in [3.05, 3.63) is 60.7 Å². The largest absolute Gasteiger partial charge is 0.464 e. The number of rotatable bonds is 11. The number of benzene rings is 2. The summed E-state index contributed by atoms with van der Waals surface area (Å²) in [5.41, 5.74) is 2.12. The highest BCUT2D eigenvalue weighted by Crippen LogP contribution is 2.11. The van der Waals surface area contributed by atoms with Crippen molar-refractivity contribution in [1.29, 1.82) is 0 Å². The third-order valence-electron chi connectivity index (χ3n) is 4.31. The van der Waals surface area contributed by atoms with Crippen molar-refractivity contribution in [2.45, 2.75) is 20.3 Å². The molecule has 2 aromatic rings. The van der Waals surface area contributed by atoms with Crippen LogP contribution < -0.4 is 9.80 Å². The van der Waals surface area contributed by atoms with Crippen molar-refractivity contribution in [3.63, 3.8) is 0 Å². The Kier molecular flexibility index (Phi) is 10.9. The van der Waals surface area contributed by atoms with Crippen LogP contribution in [0.1, 0.15) is 20.3 Å². The molecule has 29 heavy (non-hydrogen) atoms. The van der Waals surface area contributed by atoms with E-state index in [1.165, 1.54) is 0 Å². The van der Waals surface area contributed by atoms with Crippen molar-refractivity contribution < 1.29 is 19.1 Å². The number of nitrogens with zero attached hydrogens (tertiary/aromatic N) is 2. The van der Waals surface area contributed by atoms with Gasteiger partial charge in [0.05, 0.1) is 25.9 Å². The summed E-state index contributed by atoms with van der Waals surface area (Å²) in [4.78, 5) is 27.6. The lowest BCUT2D eigenvalue weighted by Gasteiger charge is -2.19. The van der Waals surface area contributed by atoms with Crippen LogP contribution in [0.3, 0.4) is 0 Å². The fourth-order valence-corrected chi connectivity index (χ4v) is 2.56. The van der Waals surface area contributed by atoms with Crippen molar-refractivity contribution in [2.24, 2.45) is 0 Å². The van der Waals surface area contributed by atoms with E-state index in [0.29, 0.717) is 13.1 Å². The second-order valence-electron chi connectivity index (χ2n) is 6.46. The summed E-state index contributed by atoms with van der Waals surface area (Å²) in [5, 5.41) is 0. The summed E-state index contributed by atoms with van der Waals surface area (Å²) < 4.78 is 10.4. The number of anilines is 2.